The fourth-order valence-electron chi connectivity index (χ4n) is 3.09. The van der Waals surface area contributed by atoms with Crippen LogP contribution in [0.5, 0.6) is 0 Å². The van der Waals surface area contributed by atoms with Crippen LogP contribution in [0.4, 0.5) is 0 Å². The minimum Gasteiger partial charge on any atom is -0.341 e. The van der Waals surface area contributed by atoms with Gasteiger partial charge in [-0.05, 0) is 36.6 Å². The molecule has 1 aromatic heterocycles. The van der Waals surface area contributed by atoms with Gasteiger partial charge in [0.05, 0.1) is 0 Å². The summed E-state index contributed by atoms with van der Waals surface area (Å²) < 4.78 is 0. The molecule has 0 aliphatic rings. The number of nitrogens with one attached hydrogen (secondary N) is 1. The van der Waals surface area contributed by atoms with Gasteiger partial charge in [-0.15, -0.1) is 0 Å². The number of aromatic nitrogens is 2. The molecule has 3 rings (SSSR count). The average molecular weight is 476 g/mol. The molecule has 1 heterocycles. The number of aromatic amines is 1. The second-order valence-corrected chi connectivity index (χ2v) is 9.00. The van der Waals surface area contributed by atoms with Crippen molar-refractivity contribution in [2.24, 2.45) is 0 Å². The van der Waals surface area contributed by atoms with Crippen molar-refractivity contribution in [1.82, 2.24) is 14.9 Å². The third-order valence-electron chi connectivity index (χ3n) is 4.86. The lowest BCUT2D eigenvalue weighted by atomic mass is 10.1. The molecule has 0 aliphatic heterocycles. The van der Waals surface area contributed by atoms with Gasteiger partial charge in [0.2, 0.25) is 5.91 Å². The first-order valence-electron chi connectivity index (χ1n) is 9.78. The Labute approximate surface area is 195 Å². The van der Waals surface area contributed by atoms with Crippen molar-refractivity contribution in [2.75, 3.05) is 7.05 Å². The molecular formula is C23H23Cl2N3O2S. The van der Waals surface area contributed by atoms with Crippen molar-refractivity contribution in [2.45, 2.75) is 37.2 Å². The molecule has 0 radical (unpaired) electrons. The molecule has 31 heavy (non-hydrogen) atoms. The van der Waals surface area contributed by atoms with E-state index < -0.39 is 0 Å². The van der Waals surface area contributed by atoms with Crippen molar-refractivity contribution in [3.8, 4) is 0 Å². The summed E-state index contributed by atoms with van der Waals surface area (Å²) in [5.74, 6) is 0.645. The Bertz CT molecular complexity index is 1120. The zero-order valence-corrected chi connectivity index (χ0v) is 19.7. The van der Waals surface area contributed by atoms with Gasteiger partial charge in [-0.2, -0.15) is 0 Å². The summed E-state index contributed by atoms with van der Waals surface area (Å²) in [5.41, 5.74) is 2.97. The molecular weight excluding hydrogens is 453 g/mol. The third-order valence-corrected chi connectivity index (χ3v) is 6.39. The van der Waals surface area contributed by atoms with Gasteiger partial charge in [-0.25, -0.2) is 4.98 Å². The Balaban J connectivity index is 1.59. The number of nitrogens with zero attached hydrogens (tertiary/aromatic N) is 2. The Morgan fingerprint density at radius 2 is 1.90 bits per heavy atom. The summed E-state index contributed by atoms with van der Waals surface area (Å²) in [6.45, 7) is 2.18. The largest absolute Gasteiger partial charge is 0.341 e. The highest BCUT2D eigenvalue weighted by molar-refractivity contribution is 7.98. The zero-order chi connectivity index (χ0) is 22.4. The predicted octanol–water partition coefficient (Wildman–Crippen LogP) is 5.27. The minimum atomic E-state index is -0.195. The first-order valence-corrected chi connectivity index (χ1v) is 11.5. The summed E-state index contributed by atoms with van der Waals surface area (Å²) in [6.07, 6.45) is 0.541. The van der Waals surface area contributed by atoms with Crippen LogP contribution in [0.3, 0.4) is 0 Å². The van der Waals surface area contributed by atoms with E-state index in [0.717, 1.165) is 16.9 Å². The summed E-state index contributed by atoms with van der Waals surface area (Å²) in [4.78, 5) is 34.1. The molecule has 0 bridgehead atoms. The van der Waals surface area contributed by atoms with Gasteiger partial charge in [-0.3, -0.25) is 9.59 Å². The maximum atomic E-state index is 12.6. The number of thioether (sulfide) groups is 1. The number of amides is 1. The predicted molar refractivity (Wildman–Crippen MR) is 127 cm³/mol. The Kier molecular flexibility index (Phi) is 8.18. The standard InChI is InChI=1S/C23H23Cl2N3O2S/c1-15-19(22(30)27-23(26-15)31-14-16-6-4-3-5-7-16)10-11-21(29)28(2)13-17-8-9-18(24)12-20(17)25/h3-9,12H,10-11,13-14H2,1-2H3,(H,26,27,30). The van der Waals surface area contributed by atoms with Crippen molar-refractivity contribution in [3.05, 3.63) is 91.3 Å². The average Bonchev–Trinajstić information content (AvgIpc) is 2.74. The van der Waals surface area contributed by atoms with E-state index >= 15 is 0 Å². The van der Waals surface area contributed by atoms with Crippen molar-refractivity contribution in [1.29, 1.82) is 0 Å². The molecule has 0 fully saturated rings. The van der Waals surface area contributed by atoms with Crippen LogP contribution in [0.2, 0.25) is 10.0 Å². The second kappa shape index (κ2) is 10.8. The van der Waals surface area contributed by atoms with Crippen LogP contribution in [0, 0.1) is 6.92 Å². The second-order valence-electron chi connectivity index (χ2n) is 7.19. The molecule has 1 amide bonds. The first-order chi connectivity index (χ1) is 14.8. The van der Waals surface area contributed by atoms with Crippen LogP contribution < -0.4 is 5.56 Å². The SMILES string of the molecule is Cc1nc(SCc2ccccc2)[nH]c(=O)c1CCC(=O)N(C)Cc1ccc(Cl)cc1Cl. The van der Waals surface area contributed by atoms with E-state index in [4.69, 9.17) is 23.2 Å². The van der Waals surface area contributed by atoms with Crippen molar-refractivity contribution < 1.29 is 4.79 Å². The van der Waals surface area contributed by atoms with Crippen LogP contribution in [-0.4, -0.2) is 27.8 Å². The number of aryl methyl sites for hydroxylation is 1. The fourth-order valence-corrected chi connectivity index (χ4v) is 4.42. The summed E-state index contributed by atoms with van der Waals surface area (Å²) in [5, 5.41) is 1.65. The van der Waals surface area contributed by atoms with Gasteiger partial charge in [0, 0.05) is 47.1 Å². The number of H-pyrrole nitrogens is 1. The number of carbonyl (C=O) groups is 1. The van der Waals surface area contributed by atoms with Gasteiger partial charge < -0.3 is 9.88 Å². The lowest BCUT2D eigenvalue weighted by molar-refractivity contribution is -0.130. The Hall–Kier alpha value is -2.28. The molecule has 0 saturated heterocycles. The first kappa shape index (κ1) is 23.4. The zero-order valence-electron chi connectivity index (χ0n) is 17.3. The molecule has 0 aliphatic carbocycles. The summed E-state index contributed by atoms with van der Waals surface area (Å²) in [7, 11) is 1.71. The fraction of sp³-hybridized carbons (Fsp3) is 0.261. The van der Waals surface area contributed by atoms with E-state index in [9.17, 15) is 9.59 Å². The molecule has 2 aromatic carbocycles. The minimum absolute atomic E-state index is 0.0765. The highest BCUT2D eigenvalue weighted by Gasteiger charge is 2.15. The third kappa shape index (κ3) is 6.60. The number of rotatable bonds is 8. The molecule has 3 aromatic rings. The van der Waals surface area contributed by atoms with Crippen molar-refractivity contribution >= 4 is 40.9 Å². The van der Waals surface area contributed by atoms with Gasteiger partial charge in [0.25, 0.3) is 5.56 Å². The van der Waals surface area contributed by atoms with Crippen LogP contribution >= 0.6 is 35.0 Å². The molecule has 0 unspecified atom stereocenters. The number of carbonyl (C=O) groups excluding carboxylic acids is 1. The number of halogens is 2. The van der Waals surface area contributed by atoms with E-state index in [1.165, 1.54) is 11.8 Å². The topological polar surface area (TPSA) is 66.1 Å². The smallest absolute Gasteiger partial charge is 0.254 e. The number of hydrogen-bond donors (Lipinski definition) is 1. The summed E-state index contributed by atoms with van der Waals surface area (Å²) in [6, 6.07) is 15.2. The molecule has 0 atom stereocenters. The van der Waals surface area contributed by atoms with E-state index in [0.29, 0.717) is 39.4 Å². The van der Waals surface area contributed by atoms with Gasteiger partial charge in [0.1, 0.15) is 0 Å². The number of hydrogen-bond acceptors (Lipinski definition) is 4. The van der Waals surface area contributed by atoms with Gasteiger partial charge in [0.15, 0.2) is 5.16 Å². The van der Waals surface area contributed by atoms with Crippen molar-refractivity contribution in [3.63, 3.8) is 0 Å². The van der Waals surface area contributed by atoms with Gasteiger partial charge >= 0.3 is 0 Å². The highest BCUT2D eigenvalue weighted by Crippen LogP contribution is 2.22. The maximum Gasteiger partial charge on any atom is 0.254 e. The van der Waals surface area contributed by atoms with E-state index in [1.807, 2.05) is 30.3 Å². The van der Waals surface area contributed by atoms with E-state index in [1.54, 1.807) is 37.1 Å². The molecule has 162 valence electrons. The monoisotopic (exact) mass is 475 g/mol. The van der Waals surface area contributed by atoms with Crippen LogP contribution in [-0.2, 0) is 23.5 Å². The van der Waals surface area contributed by atoms with Crippen LogP contribution in [0.25, 0.3) is 0 Å². The molecule has 1 N–H and O–H groups in total. The van der Waals surface area contributed by atoms with Gasteiger partial charge in [-0.1, -0.05) is 71.4 Å². The molecule has 5 nitrogen and oxygen atoms in total. The molecule has 0 spiro atoms. The normalized spacial score (nSPS) is 10.8. The highest BCUT2D eigenvalue weighted by atomic mass is 35.5. The summed E-state index contributed by atoms with van der Waals surface area (Å²) >= 11 is 13.6. The Morgan fingerprint density at radius 3 is 2.58 bits per heavy atom. The number of benzene rings is 2. The quantitative estimate of drug-likeness (QED) is 0.356. The lowest BCUT2D eigenvalue weighted by Crippen LogP contribution is -2.27. The maximum absolute atomic E-state index is 12.6. The Morgan fingerprint density at radius 1 is 1.16 bits per heavy atom. The lowest BCUT2D eigenvalue weighted by Gasteiger charge is -2.18. The van der Waals surface area contributed by atoms with Crippen LogP contribution in [0.1, 0.15) is 28.8 Å². The molecule has 0 saturated carbocycles. The van der Waals surface area contributed by atoms with E-state index in [2.05, 4.69) is 9.97 Å². The molecule has 8 heteroatoms. The van der Waals surface area contributed by atoms with Crippen LogP contribution in [0.15, 0.2) is 58.5 Å². The van der Waals surface area contributed by atoms with E-state index in [-0.39, 0.29) is 17.9 Å².